The molecule has 288 valence electrons. The Hall–Kier alpha value is -8.00. The Kier molecular flexibility index (Phi) is 7.59. The molecule has 0 heterocycles. The van der Waals surface area contributed by atoms with Crippen LogP contribution < -0.4 is 4.90 Å². The van der Waals surface area contributed by atoms with E-state index in [1.165, 1.54) is 99.1 Å². The molecular weight excluding hydrogens is 747 g/mol. The van der Waals surface area contributed by atoms with E-state index in [1.54, 1.807) is 0 Å². The highest BCUT2D eigenvalue weighted by molar-refractivity contribution is 6.25. The second-order valence-electron chi connectivity index (χ2n) is 16.7. The molecular formula is C61H39N. The molecule has 2 aliphatic carbocycles. The molecule has 11 aromatic rings. The number of hydrogen-bond donors (Lipinski definition) is 0. The fourth-order valence-corrected chi connectivity index (χ4v) is 11.1. The van der Waals surface area contributed by atoms with Crippen molar-refractivity contribution in [2.45, 2.75) is 5.41 Å². The molecule has 0 saturated heterocycles. The van der Waals surface area contributed by atoms with Gasteiger partial charge in [0.05, 0.1) is 11.1 Å². The van der Waals surface area contributed by atoms with Crippen LogP contribution in [0.25, 0.3) is 76.8 Å². The Morgan fingerprint density at radius 2 is 0.677 bits per heavy atom. The molecule has 11 aromatic carbocycles. The van der Waals surface area contributed by atoms with Gasteiger partial charge in [-0.25, -0.2) is 0 Å². The molecule has 1 heteroatoms. The van der Waals surface area contributed by atoms with Gasteiger partial charge >= 0.3 is 0 Å². The summed E-state index contributed by atoms with van der Waals surface area (Å²) in [5.74, 6) is 0. The minimum absolute atomic E-state index is 0.342. The number of nitrogens with zero attached hydrogens (tertiary/aromatic N) is 1. The summed E-state index contributed by atoms with van der Waals surface area (Å²) in [4.78, 5) is 2.44. The minimum Gasteiger partial charge on any atom is -0.310 e. The Morgan fingerprint density at radius 3 is 1.29 bits per heavy atom. The molecule has 0 atom stereocenters. The molecule has 0 aromatic heterocycles. The number of hydrogen-bond acceptors (Lipinski definition) is 1. The zero-order valence-corrected chi connectivity index (χ0v) is 34.0. The first-order valence-electron chi connectivity index (χ1n) is 21.6. The van der Waals surface area contributed by atoms with Crippen molar-refractivity contribution in [2.75, 3.05) is 4.90 Å². The Bertz CT molecular complexity index is 3500. The molecule has 1 spiro atoms. The van der Waals surface area contributed by atoms with E-state index in [2.05, 4.69) is 241 Å². The maximum Gasteiger partial charge on any atom is 0.0725 e. The van der Waals surface area contributed by atoms with Crippen LogP contribution >= 0.6 is 0 Å². The van der Waals surface area contributed by atoms with Gasteiger partial charge in [0, 0.05) is 16.9 Å². The molecule has 0 N–H and O–H groups in total. The zero-order valence-electron chi connectivity index (χ0n) is 34.0. The summed E-state index contributed by atoms with van der Waals surface area (Å²) in [5, 5.41) is 7.61. The van der Waals surface area contributed by atoms with Gasteiger partial charge in [0.2, 0.25) is 0 Å². The van der Waals surface area contributed by atoms with Gasteiger partial charge in [-0.15, -0.1) is 0 Å². The third kappa shape index (κ3) is 4.91. The third-order valence-electron chi connectivity index (χ3n) is 13.7. The lowest BCUT2D eigenvalue weighted by Gasteiger charge is -2.30. The van der Waals surface area contributed by atoms with Crippen molar-refractivity contribution in [1.82, 2.24) is 0 Å². The predicted octanol–water partition coefficient (Wildman–Crippen LogP) is 16.3. The molecule has 0 bridgehead atoms. The van der Waals surface area contributed by atoms with Crippen LogP contribution in [0.1, 0.15) is 22.3 Å². The van der Waals surface area contributed by atoms with E-state index in [0.717, 1.165) is 17.1 Å². The summed E-state index contributed by atoms with van der Waals surface area (Å²) in [6.07, 6.45) is 0. The first-order valence-corrected chi connectivity index (χ1v) is 21.6. The van der Waals surface area contributed by atoms with E-state index in [1.807, 2.05) is 0 Å². The summed E-state index contributed by atoms with van der Waals surface area (Å²) in [6, 6.07) is 87.7. The number of anilines is 3. The number of fused-ring (bicyclic) bond motifs is 16. The average molecular weight is 786 g/mol. The molecule has 0 amide bonds. The molecule has 1 nitrogen and oxygen atoms in total. The van der Waals surface area contributed by atoms with Crippen molar-refractivity contribution in [3.05, 3.63) is 259 Å². The molecule has 2 aliphatic rings. The van der Waals surface area contributed by atoms with Crippen LogP contribution in [0.4, 0.5) is 17.1 Å². The molecule has 62 heavy (non-hydrogen) atoms. The number of para-hydroxylation sites is 1. The molecule has 0 fully saturated rings. The lowest BCUT2D eigenvalue weighted by atomic mass is 9.70. The first kappa shape index (κ1) is 34.8. The van der Waals surface area contributed by atoms with Crippen molar-refractivity contribution in [2.24, 2.45) is 0 Å². The second-order valence-corrected chi connectivity index (χ2v) is 16.7. The van der Waals surface area contributed by atoms with Crippen LogP contribution in [0.15, 0.2) is 237 Å². The fourth-order valence-electron chi connectivity index (χ4n) is 11.1. The standard InChI is InChI=1S/C61H39N/c1-2-16-41(17-3-1)45-18-11-15-29-60(45)62(44-35-36-50-48-21-5-4-19-46(48)47-20-6-7-22-49(47)54(50)39-44)43-33-30-40(31-34-43)42-32-37-59-55(38-42)53-25-10-14-28-58(53)61(59)56-26-12-8-23-51(56)52-24-9-13-27-57(52)61/h1-39H. The fraction of sp³-hybridized carbons (Fsp3) is 0.0164. The minimum atomic E-state index is -0.342. The van der Waals surface area contributed by atoms with Gasteiger partial charge in [0.25, 0.3) is 0 Å². The van der Waals surface area contributed by atoms with E-state index in [-0.39, 0.29) is 5.41 Å². The molecule has 13 rings (SSSR count). The lowest BCUT2D eigenvalue weighted by Crippen LogP contribution is -2.25. The average Bonchev–Trinajstić information content (AvgIpc) is 3.82. The third-order valence-corrected chi connectivity index (χ3v) is 13.7. The van der Waals surface area contributed by atoms with Crippen molar-refractivity contribution >= 4 is 49.4 Å². The largest absolute Gasteiger partial charge is 0.310 e. The topological polar surface area (TPSA) is 3.24 Å². The Balaban J connectivity index is 0.973. The van der Waals surface area contributed by atoms with Gasteiger partial charge in [-0.2, -0.15) is 0 Å². The lowest BCUT2D eigenvalue weighted by molar-refractivity contribution is 0.794. The highest BCUT2D eigenvalue weighted by Gasteiger charge is 2.51. The normalized spacial score (nSPS) is 13.0. The van der Waals surface area contributed by atoms with Crippen LogP contribution in [-0.2, 0) is 5.41 Å². The van der Waals surface area contributed by atoms with Crippen molar-refractivity contribution in [3.8, 4) is 44.5 Å². The molecule has 0 aliphatic heterocycles. The van der Waals surface area contributed by atoms with Gasteiger partial charge in [0.1, 0.15) is 0 Å². The number of benzene rings is 11. The predicted molar refractivity (Wildman–Crippen MR) is 261 cm³/mol. The monoisotopic (exact) mass is 785 g/mol. The highest BCUT2D eigenvalue weighted by Crippen LogP contribution is 2.63. The van der Waals surface area contributed by atoms with Crippen molar-refractivity contribution in [1.29, 1.82) is 0 Å². The van der Waals surface area contributed by atoms with Crippen LogP contribution in [0.3, 0.4) is 0 Å². The second kappa shape index (κ2) is 13.5. The van der Waals surface area contributed by atoms with Crippen molar-refractivity contribution in [3.63, 3.8) is 0 Å². The molecule has 0 unspecified atom stereocenters. The van der Waals surface area contributed by atoms with Gasteiger partial charge < -0.3 is 4.90 Å². The first-order chi connectivity index (χ1) is 30.8. The van der Waals surface area contributed by atoms with Crippen LogP contribution in [-0.4, -0.2) is 0 Å². The Morgan fingerprint density at radius 1 is 0.242 bits per heavy atom. The molecule has 0 radical (unpaired) electrons. The maximum atomic E-state index is 2.44. The summed E-state index contributed by atoms with van der Waals surface area (Å²) < 4.78 is 0. The Labute approximate surface area is 361 Å². The smallest absolute Gasteiger partial charge is 0.0725 e. The molecule has 0 saturated carbocycles. The quantitative estimate of drug-likeness (QED) is 0.157. The van der Waals surface area contributed by atoms with Gasteiger partial charge in [-0.1, -0.05) is 200 Å². The summed E-state index contributed by atoms with van der Waals surface area (Å²) in [6.45, 7) is 0. The van der Waals surface area contributed by atoms with E-state index in [9.17, 15) is 0 Å². The van der Waals surface area contributed by atoms with Gasteiger partial charge in [-0.3, -0.25) is 0 Å². The van der Waals surface area contributed by atoms with Crippen LogP contribution in [0.2, 0.25) is 0 Å². The number of rotatable bonds is 5. The van der Waals surface area contributed by atoms with Crippen LogP contribution in [0, 0.1) is 0 Å². The SMILES string of the molecule is c1ccc(-c2ccccc2N(c2ccc(-c3ccc4c(c3)-c3ccccc3C43c4ccccc4-c4ccccc43)cc2)c2ccc3c4ccccc4c4ccccc4c3c2)cc1. The van der Waals surface area contributed by atoms with E-state index < -0.39 is 0 Å². The van der Waals surface area contributed by atoms with E-state index >= 15 is 0 Å². The van der Waals surface area contributed by atoms with Gasteiger partial charge in [0.15, 0.2) is 0 Å². The zero-order chi connectivity index (χ0) is 40.8. The maximum absolute atomic E-state index is 2.44. The summed E-state index contributed by atoms with van der Waals surface area (Å²) >= 11 is 0. The van der Waals surface area contributed by atoms with Crippen molar-refractivity contribution < 1.29 is 0 Å². The van der Waals surface area contributed by atoms with Crippen LogP contribution in [0.5, 0.6) is 0 Å². The highest BCUT2D eigenvalue weighted by atomic mass is 15.1. The van der Waals surface area contributed by atoms with E-state index in [0.29, 0.717) is 0 Å². The summed E-state index contributed by atoms with van der Waals surface area (Å²) in [5.41, 5.74) is 18.5. The summed E-state index contributed by atoms with van der Waals surface area (Å²) in [7, 11) is 0. The van der Waals surface area contributed by atoms with E-state index in [4.69, 9.17) is 0 Å². The van der Waals surface area contributed by atoms with Gasteiger partial charge in [-0.05, 0) is 130 Å².